The number of carbonyl (C=O) groups excluding carboxylic acids is 3. The topological polar surface area (TPSA) is 189 Å². The number of hydrogen-bond acceptors (Lipinski definition) is 12. The van der Waals surface area contributed by atoms with Crippen LogP contribution in [0.25, 0.3) is 11.0 Å². The van der Waals surface area contributed by atoms with Crippen molar-refractivity contribution in [2.75, 3.05) is 12.3 Å². The van der Waals surface area contributed by atoms with Gasteiger partial charge < -0.3 is 43.2 Å². The third-order valence-electron chi connectivity index (χ3n) is 10.3. The zero-order valence-corrected chi connectivity index (χ0v) is 37.7. The number of ether oxygens (including phenoxy) is 3. The van der Waals surface area contributed by atoms with E-state index in [2.05, 4.69) is 75.7 Å². The van der Waals surface area contributed by atoms with Crippen LogP contribution >= 0.6 is 0 Å². The zero-order valence-electron chi connectivity index (χ0n) is 35.7. The number of amides is 2. The Hall–Kier alpha value is -3.26. The summed E-state index contributed by atoms with van der Waals surface area (Å²) < 4.78 is 40.4. The summed E-state index contributed by atoms with van der Waals surface area (Å²) in [5, 5.41) is 2.72. The molecule has 0 radical (unpaired) electrons. The fourth-order valence-electron chi connectivity index (χ4n) is 7.75. The van der Waals surface area contributed by atoms with Gasteiger partial charge in [-0.2, -0.15) is 0 Å². The minimum absolute atomic E-state index is 0.0287. The third kappa shape index (κ3) is 9.16. The summed E-state index contributed by atoms with van der Waals surface area (Å²) in [5.74, 6) is -0.911. The summed E-state index contributed by atoms with van der Waals surface area (Å²) in [6, 6.07) is -2.91. The Morgan fingerprint density at radius 1 is 0.891 bits per heavy atom. The molecule has 0 aliphatic carbocycles. The number of nitrogens with zero attached hydrogens (tertiary/aromatic N) is 3. The number of H-pyrrole nitrogens is 1. The van der Waals surface area contributed by atoms with E-state index in [0.717, 1.165) is 0 Å². The van der Waals surface area contributed by atoms with E-state index in [9.17, 15) is 14.4 Å². The van der Waals surface area contributed by atoms with Crippen LogP contribution in [0.4, 0.5) is 15.4 Å². The van der Waals surface area contributed by atoms with E-state index in [0.29, 0.717) is 16.6 Å². The van der Waals surface area contributed by atoms with E-state index in [1.807, 2.05) is 0 Å². The number of hydrogen-bond donors (Lipinski definition) is 3. The molecular weight excluding hydrogens is 741 g/mol. The molecule has 17 heteroatoms. The van der Waals surface area contributed by atoms with Gasteiger partial charge in [-0.05, 0) is 69.6 Å². The van der Waals surface area contributed by atoms with E-state index < -0.39 is 82.7 Å². The molecule has 2 aromatic rings. The quantitative estimate of drug-likeness (QED) is 0.128. The van der Waals surface area contributed by atoms with Gasteiger partial charge in [-0.25, -0.2) is 24.4 Å². The van der Waals surface area contributed by atoms with Gasteiger partial charge in [0.15, 0.2) is 11.9 Å². The summed E-state index contributed by atoms with van der Waals surface area (Å²) in [7, 11) is -6.40. The highest BCUT2D eigenvalue weighted by Crippen LogP contribution is 2.51. The molecule has 2 aliphatic rings. The van der Waals surface area contributed by atoms with Gasteiger partial charge in [0, 0.05) is 11.8 Å². The van der Waals surface area contributed by atoms with Gasteiger partial charge in [0.1, 0.15) is 41.2 Å². The highest BCUT2D eigenvalue weighted by atomic mass is 28.5. The van der Waals surface area contributed by atoms with Crippen LogP contribution in [0.1, 0.15) is 122 Å². The SMILES string of the molecule is CC(C)C(NC(=O)OC(C)(C)C)C(=O)O[C@@H]1[C@@H]2O[Si](C(C)C)(C(C)C)O[Si](C(C)C)(C(C)C)OC[C@H]2N(C(=O)OC(C)(C)C)[C@H]1c1c[nH]c2c(N)ncnc12. The maximum absolute atomic E-state index is 14.7. The first kappa shape index (κ1) is 44.5. The molecule has 2 aromatic heterocycles. The van der Waals surface area contributed by atoms with E-state index in [1.54, 1.807) is 66.5 Å². The van der Waals surface area contributed by atoms with Crippen molar-refractivity contribution in [3.8, 4) is 0 Å². The normalized spacial score (nSPS) is 23.5. The van der Waals surface area contributed by atoms with Crippen molar-refractivity contribution in [3.63, 3.8) is 0 Å². The first-order valence-corrected chi connectivity index (χ1v) is 23.5. The second-order valence-corrected chi connectivity index (χ2v) is 27.3. The van der Waals surface area contributed by atoms with Crippen LogP contribution in [0.15, 0.2) is 12.5 Å². The van der Waals surface area contributed by atoms with E-state index in [-0.39, 0.29) is 34.6 Å². The molecule has 15 nitrogen and oxygen atoms in total. The maximum Gasteiger partial charge on any atom is 0.411 e. The number of aromatic amines is 1. The van der Waals surface area contributed by atoms with Crippen molar-refractivity contribution in [1.82, 2.24) is 25.2 Å². The number of nitrogens with two attached hydrogens (primary N) is 1. The predicted molar refractivity (Wildman–Crippen MR) is 215 cm³/mol. The Bertz CT molecular complexity index is 1670. The summed E-state index contributed by atoms with van der Waals surface area (Å²) >= 11 is 0. The van der Waals surface area contributed by atoms with Gasteiger partial charge in [-0.3, -0.25) is 4.90 Å². The van der Waals surface area contributed by atoms with Crippen molar-refractivity contribution in [2.24, 2.45) is 5.92 Å². The number of alkyl carbamates (subject to hydrolysis) is 1. The van der Waals surface area contributed by atoms with Crippen LogP contribution in [0.5, 0.6) is 0 Å². The largest absolute Gasteiger partial charge is 0.455 e. The van der Waals surface area contributed by atoms with Crippen molar-refractivity contribution in [1.29, 1.82) is 0 Å². The molecule has 5 atom stereocenters. The fourth-order valence-corrected chi connectivity index (χ4v) is 19.0. The molecule has 2 saturated heterocycles. The van der Waals surface area contributed by atoms with E-state index >= 15 is 0 Å². The zero-order chi connectivity index (χ0) is 41.6. The molecule has 2 amide bonds. The molecule has 0 spiro atoms. The molecule has 55 heavy (non-hydrogen) atoms. The average molecular weight is 807 g/mol. The summed E-state index contributed by atoms with van der Waals surface area (Å²) in [5.41, 5.74) is 5.97. The number of anilines is 1. The number of nitrogen functional groups attached to an aromatic ring is 1. The van der Waals surface area contributed by atoms with Crippen LogP contribution in [0.2, 0.25) is 22.2 Å². The Labute approximate surface area is 328 Å². The standard InChI is InChI=1S/C38H66N6O9Si2/c1-20(2)27(43-35(46)50-37(11,12)13)34(45)49-32-30(25-17-40-29-28(25)41-19-42-33(29)39)44(36(47)51-38(14,15)16)26-18-48-54(21(3)4,22(5)6)53-55(23(7)8,24(9)10)52-31(26)32/h17,19-24,26-27,30-32,40H,18H2,1-16H3,(H,43,46)(H2,39,41,42)/t26-,27?,30+,31-,32+/m1/s1. The van der Waals surface area contributed by atoms with Crippen molar-refractivity contribution >= 4 is 52.1 Å². The second kappa shape index (κ2) is 16.3. The number of nitrogens with one attached hydrogen (secondary N) is 2. The number of rotatable bonds is 9. The fraction of sp³-hybridized carbons (Fsp3) is 0.763. The number of aromatic nitrogens is 3. The molecule has 4 N–H and O–H groups in total. The summed E-state index contributed by atoms with van der Waals surface area (Å²) in [6.45, 7) is 31.1. The first-order valence-electron chi connectivity index (χ1n) is 19.6. The van der Waals surface area contributed by atoms with Gasteiger partial charge in [-0.1, -0.05) is 69.2 Å². The third-order valence-corrected chi connectivity index (χ3v) is 20.5. The Kier molecular flexibility index (Phi) is 13.2. The molecule has 2 fully saturated rings. The molecule has 1 unspecified atom stereocenters. The number of carbonyl (C=O) groups is 3. The maximum atomic E-state index is 14.7. The van der Waals surface area contributed by atoms with E-state index in [1.165, 1.54) is 6.33 Å². The highest BCUT2D eigenvalue weighted by Gasteiger charge is 2.65. The van der Waals surface area contributed by atoms with Gasteiger partial charge in [0.2, 0.25) is 0 Å². The summed E-state index contributed by atoms with van der Waals surface area (Å²) in [4.78, 5) is 55.8. The van der Waals surface area contributed by atoms with Crippen molar-refractivity contribution in [2.45, 2.75) is 174 Å². The van der Waals surface area contributed by atoms with Crippen LogP contribution < -0.4 is 11.1 Å². The number of esters is 1. The van der Waals surface area contributed by atoms with Crippen molar-refractivity contribution < 1.29 is 41.6 Å². The Morgan fingerprint density at radius 3 is 1.96 bits per heavy atom. The minimum Gasteiger partial charge on any atom is -0.455 e. The van der Waals surface area contributed by atoms with Crippen LogP contribution in [-0.2, 0) is 32.0 Å². The predicted octanol–water partition coefficient (Wildman–Crippen LogP) is 7.62. The number of fused-ring (bicyclic) bond motifs is 2. The molecule has 4 rings (SSSR count). The lowest BCUT2D eigenvalue weighted by Gasteiger charge is -2.52. The van der Waals surface area contributed by atoms with Crippen LogP contribution in [0, 0.1) is 5.92 Å². The minimum atomic E-state index is -3.33. The molecule has 310 valence electrons. The van der Waals surface area contributed by atoms with Crippen LogP contribution in [0.3, 0.4) is 0 Å². The van der Waals surface area contributed by atoms with Gasteiger partial charge in [0.05, 0.1) is 18.2 Å². The van der Waals surface area contributed by atoms with E-state index in [4.69, 9.17) is 32.9 Å². The Morgan fingerprint density at radius 2 is 1.45 bits per heavy atom. The smallest absolute Gasteiger partial charge is 0.411 e. The monoisotopic (exact) mass is 806 g/mol. The van der Waals surface area contributed by atoms with Crippen LogP contribution in [-0.4, -0.2) is 97.2 Å². The van der Waals surface area contributed by atoms with Gasteiger partial charge >= 0.3 is 35.3 Å². The molecule has 2 aliphatic heterocycles. The highest BCUT2D eigenvalue weighted by molar-refractivity contribution is 6.84. The lowest BCUT2D eigenvalue weighted by atomic mass is 10.0. The Balaban J connectivity index is 2.02. The first-order chi connectivity index (χ1) is 25.3. The summed E-state index contributed by atoms with van der Waals surface area (Å²) in [6.07, 6.45) is -0.453. The lowest BCUT2D eigenvalue weighted by molar-refractivity contribution is -0.159. The molecule has 4 heterocycles. The molecule has 0 saturated carbocycles. The lowest BCUT2D eigenvalue weighted by Crippen LogP contribution is -2.66. The number of likely N-dealkylation sites (tertiary alicyclic amines) is 1. The van der Waals surface area contributed by atoms with Gasteiger partial charge in [0.25, 0.3) is 0 Å². The van der Waals surface area contributed by atoms with Gasteiger partial charge in [-0.15, -0.1) is 0 Å². The average Bonchev–Trinajstić information content (AvgIpc) is 3.56. The van der Waals surface area contributed by atoms with Crippen molar-refractivity contribution in [3.05, 3.63) is 18.1 Å². The second-order valence-electron chi connectivity index (χ2n) is 18.5. The molecule has 0 bridgehead atoms. The molecular formula is C38H66N6O9Si2. The molecule has 0 aromatic carbocycles.